The molecule has 0 unspecified atom stereocenters. The lowest BCUT2D eigenvalue weighted by atomic mass is 10.1. The van der Waals surface area contributed by atoms with Crippen LogP contribution in [-0.2, 0) is 27.7 Å². The summed E-state index contributed by atoms with van der Waals surface area (Å²) in [6.45, 7) is 4.03. The van der Waals surface area contributed by atoms with Crippen molar-refractivity contribution < 1.29 is 13.2 Å². The van der Waals surface area contributed by atoms with Crippen LogP contribution in [0.5, 0.6) is 0 Å². The van der Waals surface area contributed by atoms with Crippen LogP contribution >= 0.6 is 0 Å². The van der Waals surface area contributed by atoms with Crippen molar-refractivity contribution >= 4 is 21.6 Å². The highest BCUT2D eigenvalue weighted by Gasteiger charge is 2.30. The number of aryl methyl sites for hydroxylation is 3. The smallest absolute Gasteiger partial charge is 0.270 e. The molecule has 31 heavy (non-hydrogen) atoms. The summed E-state index contributed by atoms with van der Waals surface area (Å²) in [7, 11) is -4.02. The fraction of sp³-hybridized carbons (Fsp3) is 0.269. The number of rotatable bonds is 9. The Morgan fingerprint density at radius 3 is 2.03 bits per heavy atom. The molecule has 0 aliphatic carbocycles. The molecule has 0 heterocycles. The van der Waals surface area contributed by atoms with Crippen molar-refractivity contribution in [3.05, 3.63) is 95.6 Å². The first-order valence-corrected chi connectivity index (χ1v) is 12.1. The molecule has 3 aromatic carbocycles. The molecule has 0 N–H and O–H groups in total. The van der Waals surface area contributed by atoms with E-state index in [-0.39, 0.29) is 11.3 Å². The molecule has 162 valence electrons. The van der Waals surface area contributed by atoms with E-state index in [9.17, 15) is 13.2 Å². The number of carbonyl (C=O) groups excluding carboxylic acids is 1. The second-order valence-electron chi connectivity index (χ2n) is 7.73. The molecule has 3 aromatic rings. The Kier molecular flexibility index (Phi) is 7.64. The Bertz CT molecular complexity index is 1090. The highest BCUT2D eigenvalue weighted by atomic mass is 32.2. The highest BCUT2D eigenvalue weighted by molar-refractivity contribution is 7.93. The number of amides is 1. The maximum absolute atomic E-state index is 13.5. The summed E-state index contributed by atoms with van der Waals surface area (Å²) in [5, 5.41) is 0. The van der Waals surface area contributed by atoms with Crippen LogP contribution in [0.1, 0.15) is 42.9 Å². The van der Waals surface area contributed by atoms with Crippen LogP contribution in [0.2, 0.25) is 0 Å². The molecule has 0 saturated carbocycles. The Morgan fingerprint density at radius 1 is 0.806 bits per heavy atom. The fourth-order valence-electron chi connectivity index (χ4n) is 3.41. The van der Waals surface area contributed by atoms with Gasteiger partial charge in [0.1, 0.15) is 0 Å². The lowest BCUT2D eigenvalue weighted by molar-refractivity contribution is -0.117. The summed E-state index contributed by atoms with van der Waals surface area (Å²) in [5.74, 6) is -0.439. The minimum absolute atomic E-state index is 0.104. The van der Waals surface area contributed by atoms with E-state index in [1.165, 1.54) is 0 Å². The summed E-state index contributed by atoms with van der Waals surface area (Å²) in [5.41, 5.74) is 3.47. The van der Waals surface area contributed by atoms with Crippen molar-refractivity contribution in [2.24, 2.45) is 0 Å². The van der Waals surface area contributed by atoms with E-state index in [0.29, 0.717) is 12.1 Å². The number of nitrogens with zero attached hydrogens (tertiary/aromatic N) is 1. The zero-order valence-electron chi connectivity index (χ0n) is 18.1. The molecular weight excluding hydrogens is 406 g/mol. The van der Waals surface area contributed by atoms with Gasteiger partial charge in [-0.25, -0.2) is 12.7 Å². The minimum Gasteiger partial charge on any atom is -0.273 e. The largest absolute Gasteiger partial charge is 0.273 e. The number of sulfonamides is 1. The fourth-order valence-corrected chi connectivity index (χ4v) is 4.86. The Morgan fingerprint density at radius 2 is 1.42 bits per heavy atom. The van der Waals surface area contributed by atoms with E-state index >= 15 is 0 Å². The van der Waals surface area contributed by atoms with Gasteiger partial charge in [0.25, 0.3) is 10.0 Å². The third kappa shape index (κ3) is 5.82. The number of hydrogen-bond acceptors (Lipinski definition) is 3. The normalized spacial score (nSPS) is 11.3. The van der Waals surface area contributed by atoms with Crippen molar-refractivity contribution in [2.45, 2.75) is 50.8 Å². The van der Waals surface area contributed by atoms with E-state index in [4.69, 9.17) is 0 Å². The number of hydrogen-bond donors (Lipinski definition) is 0. The van der Waals surface area contributed by atoms with Gasteiger partial charge in [0.05, 0.1) is 10.6 Å². The third-order valence-corrected chi connectivity index (χ3v) is 7.01. The third-order valence-electron chi connectivity index (χ3n) is 5.25. The van der Waals surface area contributed by atoms with E-state index in [2.05, 4.69) is 6.92 Å². The lowest BCUT2D eigenvalue weighted by Crippen LogP contribution is -2.37. The lowest BCUT2D eigenvalue weighted by Gasteiger charge is -2.23. The van der Waals surface area contributed by atoms with Crippen LogP contribution < -0.4 is 4.31 Å². The molecule has 0 aliphatic rings. The molecular formula is C26H29NO3S. The van der Waals surface area contributed by atoms with Crippen molar-refractivity contribution in [3.8, 4) is 0 Å². The molecule has 4 nitrogen and oxygen atoms in total. The SMILES string of the molecule is CCCCc1ccc(N(C(=O)CCc2ccccc2)S(=O)(=O)c2ccc(C)cc2)cc1. The summed E-state index contributed by atoms with van der Waals surface area (Å²) in [4.78, 5) is 13.3. The van der Waals surface area contributed by atoms with Crippen molar-refractivity contribution in [1.29, 1.82) is 0 Å². The van der Waals surface area contributed by atoms with Crippen LogP contribution in [0.4, 0.5) is 5.69 Å². The second-order valence-corrected chi connectivity index (χ2v) is 9.52. The topological polar surface area (TPSA) is 54.5 Å². The molecule has 0 fully saturated rings. The summed E-state index contributed by atoms with van der Waals surface area (Å²) in [6, 6.07) is 23.5. The predicted molar refractivity (Wildman–Crippen MR) is 126 cm³/mol. The number of unbranched alkanes of at least 4 members (excludes halogenated alkanes) is 1. The molecule has 0 saturated heterocycles. The first-order chi connectivity index (χ1) is 14.9. The van der Waals surface area contributed by atoms with Crippen LogP contribution in [0.3, 0.4) is 0 Å². The van der Waals surface area contributed by atoms with Crippen molar-refractivity contribution in [3.63, 3.8) is 0 Å². The highest BCUT2D eigenvalue weighted by Crippen LogP contribution is 2.26. The van der Waals surface area contributed by atoms with E-state index < -0.39 is 15.9 Å². The average Bonchev–Trinajstić information content (AvgIpc) is 2.78. The zero-order chi connectivity index (χ0) is 22.3. The monoisotopic (exact) mass is 435 g/mol. The van der Waals surface area contributed by atoms with Gasteiger partial charge in [0.2, 0.25) is 5.91 Å². The standard InChI is InChI=1S/C26H29NO3S/c1-3-4-8-23-13-16-24(17-14-23)27(26(28)20-15-22-9-6-5-7-10-22)31(29,30)25-18-11-21(2)12-19-25/h5-7,9-14,16-19H,3-4,8,15,20H2,1-2H3. The molecule has 1 amide bonds. The molecule has 3 rings (SSSR count). The van der Waals surface area contributed by atoms with Crippen molar-refractivity contribution in [2.75, 3.05) is 4.31 Å². The van der Waals surface area contributed by atoms with Crippen LogP contribution in [0.25, 0.3) is 0 Å². The first-order valence-electron chi connectivity index (χ1n) is 10.7. The molecule has 0 spiro atoms. The summed E-state index contributed by atoms with van der Waals surface area (Å²) in [6.07, 6.45) is 3.68. The molecule has 0 atom stereocenters. The quantitative estimate of drug-likeness (QED) is 0.434. The van der Waals surface area contributed by atoms with Gasteiger partial charge in [-0.3, -0.25) is 4.79 Å². The molecule has 0 aliphatic heterocycles. The minimum atomic E-state index is -4.02. The Balaban J connectivity index is 1.92. The van der Waals surface area contributed by atoms with Gasteiger partial charge >= 0.3 is 0 Å². The molecule has 0 bridgehead atoms. The van der Waals surface area contributed by atoms with E-state index in [1.54, 1.807) is 36.4 Å². The number of carbonyl (C=O) groups is 1. The van der Waals surface area contributed by atoms with Crippen LogP contribution in [-0.4, -0.2) is 14.3 Å². The van der Waals surface area contributed by atoms with Gasteiger partial charge in [-0.2, -0.15) is 0 Å². The average molecular weight is 436 g/mol. The van der Waals surface area contributed by atoms with E-state index in [0.717, 1.165) is 40.3 Å². The summed E-state index contributed by atoms with van der Waals surface area (Å²) >= 11 is 0. The van der Waals surface area contributed by atoms with Gasteiger partial charge < -0.3 is 0 Å². The molecule has 5 heteroatoms. The second kappa shape index (κ2) is 10.4. The molecule has 0 radical (unpaired) electrons. The maximum atomic E-state index is 13.5. The van der Waals surface area contributed by atoms with Gasteiger partial charge in [-0.1, -0.05) is 73.5 Å². The Hall–Kier alpha value is -2.92. The van der Waals surface area contributed by atoms with Crippen molar-refractivity contribution in [1.82, 2.24) is 0 Å². The van der Waals surface area contributed by atoms with Gasteiger partial charge in [0, 0.05) is 6.42 Å². The number of anilines is 1. The first kappa shape index (κ1) is 22.8. The van der Waals surface area contributed by atoms with Crippen LogP contribution in [0, 0.1) is 6.92 Å². The van der Waals surface area contributed by atoms with Gasteiger partial charge in [-0.05, 0) is 61.6 Å². The van der Waals surface area contributed by atoms with E-state index in [1.807, 2.05) is 49.4 Å². The van der Waals surface area contributed by atoms with Gasteiger partial charge in [0.15, 0.2) is 0 Å². The number of benzene rings is 3. The summed E-state index contributed by atoms with van der Waals surface area (Å²) < 4.78 is 27.9. The van der Waals surface area contributed by atoms with Gasteiger partial charge in [-0.15, -0.1) is 0 Å². The molecule has 0 aromatic heterocycles. The predicted octanol–water partition coefficient (Wildman–Crippen LogP) is 5.69. The van der Waals surface area contributed by atoms with Crippen LogP contribution in [0.15, 0.2) is 83.8 Å². The maximum Gasteiger partial charge on any atom is 0.270 e. The Labute approximate surface area is 185 Å². The zero-order valence-corrected chi connectivity index (χ0v) is 18.9.